The van der Waals surface area contributed by atoms with Gasteiger partial charge in [0.15, 0.2) is 0 Å². The zero-order valence-corrected chi connectivity index (χ0v) is 20.3. The van der Waals surface area contributed by atoms with E-state index in [2.05, 4.69) is 32.6 Å². The molecule has 2 aliphatic carbocycles. The second-order valence-corrected chi connectivity index (χ2v) is 10.1. The molecule has 3 aromatic rings. The van der Waals surface area contributed by atoms with Crippen molar-refractivity contribution < 1.29 is 13.2 Å². The highest BCUT2D eigenvalue weighted by atomic mass is 35.5. The molecule has 190 valence electrons. The zero-order valence-electron chi connectivity index (χ0n) is 19.5. The van der Waals surface area contributed by atoms with Crippen molar-refractivity contribution in [1.29, 1.82) is 5.26 Å². The topological polar surface area (TPSA) is 88.0 Å². The van der Waals surface area contributed by atoms with Crippen LogP contribution in [0.2, 0.25) is 5.02 Å². The SMILES string of the molecule is N#Cc1cnc2c(Cl)cc(NC(C3=CN(C4CC4)NN3)c3ccc(F)cc3)cc2c1NC1(C(F)F)CC1. The van der Waals surface area contributed by atoms with Crippen LogP contribution in [0.3, 0.4) is 0 Å². The number of pyridine rings is 1. The van der Waals surface area contributed by atoms with E-state index in [9.17, 15) is 18.4 Å². The molecule has 2 saturated carbocycles. The smallest absolute Gasteiger partial charge is 0.261 e. The Kier molecular flexibility index (Phi) is 5.77. The first-order valence-electron chi connectivity index (χ1n) is 12.0. The molecule has 0 radical (unpaired) electrons. The number of hydrazine groups is 2. The maximum Gasteiger partial charge on any atom is 0.261 e. The van der Waals surface area contributed by atoms with Crippen LogP contribution in [0.15, 0.2) is 54.5 Å². The molecule has 2 heterocycles. The fraction of sp³-hybridized carbons (Fsp3) is 0.308. The number of nitrogens with one attached hydrogen (secondary N) is 4. The van der Waals surface area contributed by atoms with Crippen LogP contribution >= 0.6 is 11.6 Å². The first kappa shape index (κ1) is 23.7. The summed E-state index contributed by atoms with van der Waals surface area (Å²) >= 11 is 6.60. The highest BCUT2D eigenvalue weighted by Crippen LogP contribution is 2.46. The van der Waals surface area contributed by atoms with Gasteiger partial charge in [-0.25, -0.2) is 13.2 Å². The van der Waals surface area contributed by atoms with Crippen LogP contribution < -0.4 is 21.6 Å². The van der Waals surface area contributed by atoms with Crippen LogP contribution in [0.5, 0.6) is 0 Å². The third-order valence-electron chi connectivity index (χ3n) is 7.00. The summed E-state index contributed by atoms with van der Waals surface area (Å²) in [4.78, 5) is 4.32. The molecule has 0 saturated heterocycles. The third kappa shape index (κ3) is 4.49. The highest BCUT2D eigenvalue weighted by molar-refractivity contribution is 6.35. The average molecular weight is 526 g/mol. The minimum atomic E-state index is -2.58. The van der Waals surface area contributed by atoms with Crippen LogP contribution in [-0.2, 0) is 0 Å². The predicted molar refractivity (Wildman–Crippen MR) is 135 cm³/mol. The van der Waals surface area contributed by atoms with Gasteiger partial charge in [0.05, 0.1) is 39.1 Å². The third-order valence-corrected chi connectivity index (χ3v) is 7.29. The van der Waals surface area contributed by atoms with Gasteiger partial charge in [0.25, 0.3) is 6.43 Å². The van der Waals surface area contributed by atoms with Crippen LogP contribution in [0.1, 0.15) is 42.9 Å². The van der Waals surface area contributed by atoms with Gasteiger partial charge >= 0.3 is 0 Å². The van der Waals surface area contributed by atoms with Crippen molar-refractivity contribution in [2.24, 2.45) is 0 Å². The van der Waals surface area contributed by atoms with Crippen LogP contribution in [0.4, 0.5) is 24.5 Å². The summed E-state index contributed by atoms with van der Waals surface area (Å²) in [5.41, 5.74) is 8.02. The van der Waals surface area contributed by atoms with Gasteiger partial charge in [0.1, 0.15) is 11.9 Å². The van der Waals surface area contributed by atoms with Crippen molar-refractivity contribution in [2.45, 2.75) is 49.7 Å². The van der Waals surface area contributed by atoms with Crippen molar-refractivity contribution in [1.82, 2.24) is 21.0 Å². The standard InChI is InChI=1S/C26H23ClF3N7/c27-20-10-17(9-19-22(15(11-31)12-32-24(19)20)34-26(7-8-26)25(29)30)33-23(14-1-3-16(28)4-2-14)21-13-37(36-35-21)18-5-6-18/h1-4,9-10,12-13,18,23,25,33,35-36H,5-8H2,(H,32,34). The molecule has 1 aromatic heterocycles. The average Bonchev–Trinajstić information content (AvgIpc) is 3.82. The molecule has 6 rings (SSSR count). The molecule has 37 heavy (non-hydrogen) atoms. The Bertz CT molecular complexity index is 1430. The van der Waals surface area contributed by atoms with E-state index in [1.165, 1.54) is 18.3 Å². The first-order valence-corrected chi connectivity index (χ1v) is 12.4. The lowest BCUT2D eigenvalue weighted by Gasteiger charge is -2.23. The maximum absolute atomic E-state index is 13.8. The van der Waals surface area contributed by atoms with E-state index >= 15 is 0 Å². The van der Waals surface area contributed by atoms with Gasteiger partial charge in [0.2, 0.25) is 0 Å². The molecule has 0 amide bonds. The molecule has 2 fully saturated rings. The fourth-order valence-electron chi connectivity index (χ4n) is 4.55. The monoisotopic (exact) mass is 525 g/mol. The molecular weight excluding hydrogens is 503 g/mol. The molecule has 0 bridgehead atoms. The van der Waals surface area contributed by atoms with Gasteiger partial charge in [-0.05, 0) is 55.5 Å². The van der Waals surface area contributed by atoms with E-state index in [-0.39, 0.29) is 17.1 Å². The number of benzene rings is 2. The predicted octanol–water partition coefficient (Wildman–Crippen LogP) is 5.59. The lowest BCUT2D eigenvalue weighted by atomic mass is 10.0. The first-order chi connectivity index (χ1) is 17.9. The van der Waals surface area contributed by atoms with Gasteiger partial charge in [-0.2, -0.15) is 5.26 Å². The minimum absolute atomic E-state index is 0.159. The van der Waals surface area contributed by atoms with Crippen molar-refractivity contribution >= 4 is 33.9 Å². The Morgan fingerprint density at radius 1 is 1.19 bits per heavy atom. The summed E-state index contributed by atoms with van der Waals surface area (Å²) in [5, 5.41) is 18.8. The fourth-order valence-corrected chi connectivity index (χ4v) is 4.81. The summed E-state index contributed by atoms with van der Waals surface area (Å²) in [6.45, 7) is 0. The molecule has 1 unspecified atom stereocenters. The summed E-state index contributed by atoms with van der Waals surface area (Å²) in [6.07, 6.45) is 3.55. The second-order valence-electron chi connectivity index (χ2n) is 9.68. The summed E-state index contributed by atoms with van der Waals surface area (Å²) in [7, 11) is 0. The van der Waals surface area contributed by atoms with Crippen molar-refractivity contribution in [3.63, 3.8) is 0 Å². The number of nitrogens with zero attached hydrogens (tertiary/aromatic N) is 3. The quantitative estimate of drug-likeness (QED) is 0.305. The lowest BCUT2D eigenvalue weighted by molar-refractivity contribution is 0.114. The normalized spacial score (nSPS) is 18.8. The molecule has 1 atom stereocenters. The van der Waals surface area contributed by atoms with E-state index in [0.29, 0.717) is 40.5 Å². The van der Waals surface area contributed by atoms with Crippen LogP contribution in [-0.4, -0.2) is 28.0 Å². The Labute approximate surface area is 216 Å². The summed E-state index contributed by atoms with van der Waals surface area (Å²) in [6, 6.07) is 11.7. The van der Waals surface area contributed by atoms with Gasteiger partial charge in [-0.1, -0.05) is 23.7 Å². The number of nitriles is 1. The Hall–Kier alpha value is -3.68. The van der Waals surface area contributed by atoms with E-state index in [1.807, 2.05) is 11.2 Å². The summed E-state index contributed by atoms with van der Waals surface area (Å²) in [5.74, 6) is -0.346. The zero-order chi connectivity index (χ0) is 25.7. The van der Waals surface area contributed by atoms with Gasteiger partial charge in [-0.15, -0.1) is 5.53 Å². The Balaban J connectivity index is 1.41. The number of hydrogen-bond donors (Lipinski definition) is 4. The maximum atomic E-state index is 13.8. The molecule has 4 N–H and O–H groups in total. The summed E-state index contributed by atoms with van der Waals surface area (Å²) < 4.78 is 41.2. The van der Waals surface area contributed by atoms with Crippen molar-refractivity contribution in [3.05, 3.63) is 76.5 Å². The Morgan fingerprint density at radius 2 is 1.95 bits per heavy atom. The number of aromatic nitrogens is 1. The minimum Gasteiger partial charge on any atom is -0.373 e. The van der Waals surface area contributed by atoms with Gasteiger partial charge in [-0.3, -0.25) is 9.99 Å². The number of anilines is 2. The number of fused-ring (bicyclic) bond motifs is 1. The highest BCUT2D eigenvalue weighted by Gasteiger charge is 2.51. The van der Waals surface area contributed by atoms with Crippen LogP contribution in [0.25, 0.3) is 10.9 Å². The molecular formula is C26H23ClF3N7. The largest absolute Gasteiger partial charge is 0.373 e. The van der Waals surface area contributed by atoms with Gasteiger partial charge in [0, 0.05) is 29.5 Å². The van der Waals surface area contributed by atoms with Crippen LogP contribution in [0, 0.1) is 17.1 Å². The van der Waals surface area contributed by atoms with Crippen molar-refractivity contribution in [3.8, 4) is 6.07 Å². The Morgan fingerprint density at radius 3 is 2.59 bits per heavy atom. The van der Waals surface area contributed by atoms with E-state index in [1.54, 1.807) is 24.3 Å². The van der Waals surface area contributed by atoms with E-state index in [4.69, 9.17) is 11.6 Å². The number of alkyl halides is 2. The molecule has 0 spiro atoms. The molecule has 3 aliphatic rings. The molecule has 2 aromatic carbocycles. The van der Waals surface area contributed by atoms with E-state index < -0.39 is 18.0 Å². The van der Waals surface area contributed by atoms with Crippen molar-refractivity contribution in [2.75, 3.05) is 10.6 Å². The number of halogens is 4. The number of rotatable bonds is 8. The second kappa shape index (κ2) is 9.01. The lowest BCUT2D eigenvalue weighted by Crippen LogP contribution is -2.38. The molecule has 7 nitrogen and oxygen atoms in total. The number of hydrogen-bond acceptors (Lipinski definition) is 7. The molecule has 11 heteroatoms. The van der Waals surface area contributed by atoms with Gasteiger partial charge < -0.3 is 16.1 Å². The van der Waals surface area contributed by atoms with E-state index in [0.717, 1.165) is 24.1 Å². The molecule has 1 aliphatic heterocycles.